The lowest BCUT2D eigenvalue weighted by Crippen LogP contribution is -2.55. The first kappa shape index (κ1) is 15.7. The summed E-state index contributed by atoms with van der Waals surface area (Å²) in [6.07, 6.45) is 3.49. The number of ether oxygens (including phenoxy) is 1. The highest BCUT2D eigenvalue weighted by molar-refractivity contribution is 6.76. The Morgan fingerprint density at radius 2 is 1.79 bits per heavy atom. The Labute approximate surface area is 115 Å². The lowest BCUT2D eigenvalue weighted by molar-refractivity contribution is 0.140. The van der Waals surface area contributed by atoms with Gasteiger partial charge in [0.05, 0.1) is 5.19 Å². The van der Waals surface area contributed by atoms with Crippen LogP contribution in [0.25, 0.3) is 0 Å². The average Bonchev–Trinajstić information content (AvgIpc) is 2.45. The smallest absolute Gasteiger partial charge is 0.388 e. The molecule has 1 rings (SSSR count). The lowest BCUT2D eigenvalue weighted by Gasteiger charge is -2.26. The van der Waals surface area contributed by atoms with Gasteiger partial charge in [-0.1, -0.05) is 31.5 Å². The second-order valence-electron chi connectivity index (χ2n) is 3.91. The maximum atomic E-state index is 8.84. The van der Waals surface area contributed by atoms with E-state index in [9.17, 15) is 0 Å². The molecule has 0 radical (unpaired) electrons. The zero-order chi connectivity index (χ0) is 14.3. The van der Waals surface area contributed by atoms with Gasteiger partial charge in [-0.15, -0.1) is 5.26 Å². The molecule has 0 amide bonds. The summed E-state index contributed by atoms with van der Waals surface area (Å²) in [6.45, 7) is 2.07. The predicted molar refractivity (Wildman–Crippen MR) is 73.1 cm³/mol. The van der Waals surface area contributed by atoms with Crippen LogP contribution in [0.5, 0.6) is 5.75 Å². The van der Waals surface area contributed by atoms with E-state index in [-0.39, 0.29) is 0 Å². The van der Waals surface area contributed by atoms with E-state index >= 15 is 0 Å². The SMILES string of the molecule is CCCc1cccc([Si](OC)(OC)OC)c1OC#N. The molecule has 1 aromatic carbocycles. The molecule has 0 unspecified atom stereocenters. The normalized spacial score (nSPS) is 11.1. The van der Waals surface area contributed by atoms with Crippen molar-refractivity contribution in [2.45, 2.75) is 19.8 Å². The van der Waals surface area contributed by atoms with Crippen molar-refractivity contribution in [1.29, 1.82) is 5.26 Å². The molecule has 0 atom stereocenters. The minimum Gasteiger partial charge on any atom is -0.388 e. The molecule has 0 aliphatic carbocycles. The van der Waals surface area contributed by atoms with Crippen LogP contribution in [0, 0.1) is 11.5 Å². The Kier molecular flexibility index (Phi) is 5.98. The van der Waals surface area contributed by atoms with Gasteiger partial charge in [-0.25, -0.2) is 0 Å². The van der Waals surface area contributed by atoms with Gasteiger partial charge in [-0.2, -0.15) is 0 Å². The van der Waals surface area contributed by atoms with Crippen molar-refractivity contribution < 1.29 is 18.0 Å². The van der Waals surface area contributed by atoms with Gasteiger partial charge in [-0.05, 0) is 12.0 Å². The second-order valence-corrected chi connectivity index (χ2v) is 6.78. The van der Waals surface area contributed by atoms with Crippen LogP contribution in [-0.2, 0) is 19.7 Å². The minimum atomic E-state index is -3.01. The van der Waals surface area contributed by atoms with Gasteiger partial charge in [0, 0.05) is 21.3 Å². The van der Waals surface area contributed by atoms with Gasteiger partial charge >= 0.3 is 8.80 Å². The highest BCUT2D eigenvalue weighted by Gasteiger charge is 2.44. The summed E-state index contributed by atoms with van der Waals surface area (Å²) in [5.41, 5.74) is 0.949. The molecule has 0 aromatic heterocycles. The third kappa shape index (κ3) is 3.14. The number of para-hydroxylation sites is 1. The van der Waals surface area contributed by atoms with Gasteiger partial charge in [0.2, 0.25) is 0 Å². The molecule has 0 N–H and O–H groups in total. The topological polar surface area (TPSA) is 60.7 Å². The van der Waals surface area contributed by atoms with Crippen molar-refractivity contribution in [2.75, 3.05) is 21.3 Å². The Bertz CT molecular complexity index is 446. The van der Waals surface area contributed by atoms with Crippen LogP contribution >= 0.6 is 0 Å². The fourth-order valence-corrected chi connectivity index (χ4v) is 3.99. The molecular weight excluding hydrogens is 262 g/mol. The molecule has 6 heteroatoms. The molecule has 1 aromatic rings. The van der Waals surface area contributed by atoms with E-state index in [1.165, 1.54) is 21.3 Å². The zero-order valence-electron chi connectivity index (χ0n) is 11.7. The number of nitriles is 1. The van der Waals surface area contributed by atoms with E-state index in [1.54, 1.807) is 6.26 Å². The molecule has 0 aliphatic heterocycles. The second kappa shape index (κ2) is 7.26. The molecular formula is C13H19NO4Si. The highest BCUT2D eigenvalue weighted by atomic mass is 28.4. The number of rotatable bonds is 7. The quantitative estimate of drug-likeness (QED) is 0.561. The van der Waals surface area contributed by atoms with Crippen LogP contribution < -0.4 is 9.92 Å². The standard InChI is InChI=1S/C13H19NO4Si/c1-5-7-11-8-6-9-12(13(11)18-10-14)19(15-2,16-3)17-4/h6,8-9H,5,7H2,1-4H3. The van der Waals surface area contributed by atoms with Crippen LogP contribution in [0.2, 0.25) is 0 Å². The summed E-state index contributed by atoms with van der Waals surface area (Å²) < 4.78 is 21.5. The molecule has 0 saturated heterocycles. The summed E-state index contributed by atoms with van der Waals surface area (Å²) >= 11 is 0. The van der Waals surface area contributed by atoms with E-state index in [1.807, 2.05) is 18.2 Å². The highest BCUT2D eigenvalue weighted by Crippen LogP contribution is 2.22. The number of aryl methyl sites for hydroxylation is 1. The molecule has 0 bridgehead atoms. The van der Waals surface area contributed by atoms with Crippen LogP contribution in [0.3, 0.4) is 0 Å². The molecule has 19 heavy (non-hydrogen) atoms. The molecule has 0 saturated carbocycles. The van der Waals surface area contributed by atoms with Crippen molar-refractivity contribution in [3.8, 4) is 12.0 Å². The Morgan fingerprint density at radius 3 is 2.26 bits per heavy atom. The molecule has 0 heterocycles. The third-order valence-corrected chi connectivity index (χ3v) is 5.57. The largest absolute Gasteiger partial charge is 0.540 e. The van der Waals surface area contributed by atoms with Crippen LogP contribution in [0.15, 0.2) is 18.2 Å². The number of hydrogen-bond acceptors (Lipinski definition) is 5. The van der Waals surface area contributed by atoms with E-state index in [2.05, 4.69) is 6.92 Å². The minimum absolute atomic E-state index is 0.490. The Morgan fingerprint density at radius 1 is 1.16 bits per heavy atom. The van der Waals surface area contributed by atoms with Gasteiger partial charge in [0.25, 0.3) is 6.26 Å². The van der Waals surface area contributed by atoms with E-state index in [0.29, 0.717) is 10.9 Å². The fourth-order valence-electron chi connectivity index (χ4n) is 2.04. The maximum absolute atomic E-state index is 8.84. The van der Waals surface area contributed by atoms with Crippen molar-refractivity contribution in [2.24, 2.45) is 0 Å². The number of nitrogens with zero attached hydrogens (tertiary/aromatic N) is 1. The van der Waals surface area contributed by atoms with E-state index in [0.717, 1.165) is 18.4 Å². The molecule has 104 valence electrons. The Balaban J connectivity index is 3.40. The predicted octanol–water partition coefficient (Wildman–Crippen LogP) is 1.58. The molecule has 5 nitrogen and oxygen atoms in total. The lowest BCUT2D eigenvalue weighted by atomic mass is 10.1. The van der Waals surface area contributed by atoms with Crippen molar-refractivity contribution in [1.82, 2.24) is 0 Å². The van der Waals surface area contributed by atoms with Gasteiger partial charge in [0.1, 0.15) is 0 Å². The number of benzene rings is 1. The summed E-state index contributed by atoms with van der Waals surface area (Å²) in [4.78, 5) is 0. The molecule has 0 spiro atoms. The van der Waals surface area contributed by atoms with E-state index < -0.39 is 8.80 Å². The van der Waals surface area contributed by atoms with Crippen LogP contribution in [-0.4, -0.2) is 30.1 Å². The number of hydrogen-bond donors (Lipinski definition) is 0. The average molecular weight is 281 g/mol. The summed E-state index contributed by atoms with van der Waals surface area (Å²) in [7, 11) is 1.58. The maximum Gasteiger partial charge on any atom is 0.540 e. The summed E-state index contributed by atoms with van der Waals surface area (Å²) in [6, 6.07) is 5.64. The molecule has 0 fully saturated rings. The summed E-state index contributed by atoms with van der Waals surface area (Å²) in [5, 5.41) is 9.52. The van der Waals surface area contributed by atoms with Crippen molar-refractivity contribution in [3.05, 3.63) is 23.8 Å². The van der Waals surface area contributed by atoms with Gasteiger partial charge in [-0.3, -0.25) is 0 Å². The Hall–Kier alpha value is -1.39. The van der Waals surface area contributed by atoms with Crippen molar-refractivity contribution in [3.63, 3.8) is 0 Å². The zero-order valence-corrected chi connectivity index (χ0v) is 12.7. The molecule has 0 aliphatic rings. The van der Waals surface area contributed by atoms with Gasteiger partial charge in [0.15, 0.2) is 5.75 Å². The van der Waals surface area contributed by atoms with Crippen LogP contribution in [0.1, 0.15) is 18.9 Å². The first-order valence-electron chi connectivity index (χ1n) is 6.02. The van der Waals surface area contributed by atoms with E-state index in [4.69, 9.17) is 23.3 Å². The first-order chi connectivity index (χ1) is 9.18. The summed E-state index contributed by atoms with van der Waals surface area (Å²) in [5.74, 6) is 0.490. The monoisotopic (exact) mass is 281 g/mol. The first-order valence-corrected chi connectivity index (χ1v) is 7.75. The van der Waals surface area contributed by atoms with Crippen LogP contribution in [0.4, 0.5) is 0 Å². The van der Waals surface area contributed by atoms with Gasteiger partial charge < -0.3 is 18.0 Å². The third-order valence-electron chi connectivity index (χ3n) is 2.90. The van der Waals surface area contributed by atoms with Crippen molar-refractivity contribution >= 4 is 14.0 Å². The fraction of sp³-hybridized carbons (Fsp3) is 0.462.